The van der Waals surface area contributed by atoms with Gasteiger partial charge in [0.2, 0.25) is 5.91 Å². The normalized spacial score (nSPS) is 10.3. The summed E-state index contributed by atoms with van der Waals surface area (Å²) < 4.78 is 0. The van der Waals surface area contributed by atoms with Crippen molar-refractivity contribution >= 4 is 23.2 Å². The van der Waals surface area contributed by atoms with E-state index in [-0.39, 0.29) is 18.2 Å². The summed E-state index contributed by atoms with van der Waals surface area (Å²) in [7, 11) is 0. The van der Waals surface area contributed by atoms with E-state index in [9.17, 15) is 9.59 Å². The molecule has 1 aromatic heterocycles. The van der Waals surface area contributed by atoms with E-state index in [4.69, 9.17) is 5.21 Å². The van der Waals surface area contributed by atoms with Gasteiger partial charge in [-0.2, -0.15) is 0 Å². The van der Waals surface area contributed by atoms with Crippen molar-refractivity contribution in [2.24, 2.45) is 0 Å². The highest BCUT2D eigenvalue weighted by Crippen LogP contribution is 2.25. The third-order valence-electron chi connectivity index (χ3n) is 3.25. The highest BCUT2D eigenvalue weighted by Gasteiger charge is 2.11. The Morgan fingerprint density at radius 1 is 1.13 bits per heavy atom. The molecule has 0 unspecified atom stereocenters. The number of hydrogen-bond donors (Lipinski definition) is 3. The molecule has 1 heterocycles. The highest BCUT2D eigenvalue weighted by molar-refractivity contribution is 7.16. The summed E-state index contributed by atoms with van der Waals surface area (Å²) in [6, 6.07) is 9.81. The van der Waals surface area contributed by atoms with E-state index < -0.39 is 0 Å². The lowest BCUT2D eigenvalue weighted by Gasteiger charge is -2.03. The molecule has 0 aliphatic rings. The largest absolute Gasteiger partial charge is 0.350 e. The van der Waals surface area contributed by atoms with E-state index in [1.165, 1.54) is 11.3 Å². The fourth-order valence-electron chi connectivity index (χ4n) is 2.04. The third kappa shape index (κ3) is 5.46. The van der Waals surface area contributed by atoms with Gasteiger partial charge in [-0.1, -0.05) is 36.8 Å². The average Bonchev–Trinajstić information content (AvgIpc) is 3.08. The highest BCUT2D eigenvalue weighted by atomic mass is 32.1. The van der Waals surface area contributed by atoms with Crippen molar-refractivity contribution in [3.63, 3.8) is 0 Å². The van der Waals surface area contributed by atoms with E-state index in [1.54, 1.807) is 11.7 Å². The summed E-state index contributed by atoms with van der Waals surface area (Å²) in [6.45, 7) is 0.541. The van der Waals surface area contributed by atoms with Gasteiger partial charge in [0.05, 0.1) is 4.88 Å². The maximum atomic E-state index is 12.0. The molecule has 0 saturated carbocycles. The molecule has 2 rings (SSSR count). The van der Waals surface area contributed by atoms with E-state index >= 15 is 0 Å². The Morgan fingerprint density at radius 2 is 1.91 bits per heavy atom. The zero-order chi connectivity index (χ0) is 16.5. The molecule has 0 bridgehead atoms. The van der Waals surface area contributed by atoms with E-state index in [0.29, 0.717) is 18.0 Å². The van der Waals surface area contributed by atoms with Crippen LogP contribution in [-0.4, -0.2) is 28.6 Å². The van der Waals surface area contributed by atoms with Gasteiger partial charge in [-0.25, -0.2) is 10.5 Å². The van der Waals surface area contributed by atoms with Gasteiger partial charge in [-0.3, -0.25) is 14.8 Å². The minimum absolute atomic E-state index is 0.176. The number of benzene rings is 1. The van der Waals surface area contributed by atoms with E-state index in [1.807, 2.05) is 30.3 Å². The summed E-state index contributed by atoms with van der Waals surface area (Å²) in [5.41, 5.74) is 2.64. The van der Waals surface area contributed by atoms with Gasteiger partial charge in [0.15, 0.2) is 5.01 Å². The fourth-order valence-corrected chi connectivity index (χ4v) is 2.87. The molecule has 2 aromatic rings. The molecular weight excluding hydrogens is 314 g/mol. The van der Waals surface area contributed by atoms with Crippen molar-refractivity contribution < 1.29 is 14.8 Å². The average molecular weight is 333 g/mol. The zero-order valence-electron chi connectivity index (χ0n) is 12.6. The second-order valence-electron chi connectivity index (χ2n) is 5.00. The van der Waals surface area contributed by atoms with Gasteiger partial charge >= 0.3 is 0 Å². The number of rotatable bonds is 8. The minimum atomic E-state index is -0.384. The van der Waals surface area contributed by atoms with Gasteiger partial charge < -0.3 is 5.32 Å². The molecule has 0 spiro atoms. The first-order valence-corrected chi connectivity index (χ1v) is 8.24. The monoisotopic (exact) mass is 333 g/mol. The molecule has 0 atom stereocenters. The third-order valence-corrected chi connectivity index (χ3v) is 4.29. The molecule has 122 valence electrons. The number of thiazole rings is 1. The minimum Gasteiger partial charge on any atom is -0.350 e. The number of carbonyl (C=O) groups excluding carboxylic acids is 2. The number of aromatic nitrogens is 1. The lowest BCUT2D eigenvalue weighted by Crippen LogP contribution is -2.24. The summed E-state index contributed by atoms with van der Waals surface area (Å²) in [5.74, 6) is -0.560. The smallest absolute Gasteiger partial charge is 0.280 e. The topological polar surface area (TPSA) is 91.3 Å². The first-order valence-electron chi connectivity index (χ1n) is 7.43. The van der Waals surface area contributed by atoms with Crippen molar-refractivity contribution in [3.8, 4) is 10.4 Å². The Kier molecular flexibility index (Phi) is 6.71. The van der Waals surface area contributed by atoms with Gasteiger partial charge in [-0.05, 0) is 18.4 Å². The molecule has 0 fully saturated rings. The van der Waals surface area contributed by atoms with Crippen LogP contribution in [0.15, 0.2) is 36.5 Å². The number of hydroxylamine groups is 1. The van der Waals surface area contributed by atoms with Crippen LogP contribution in [0.5, 0.6) is 0 Å². The van der Waals surface area contributed by atoms with Crippen LogP contribution in [0.1, 0.15) is 35.5 Å². The maximum absolute atomic E-state index is 12.0. The number of nitrogens with zero attached hydrogens (tertiary/aromatic N) is 1. The first kappa shape index (κ1) is 17.1. The molecule has 23 heavy (non-hydrogen) atoms. The van der Waals surface area contributed by atoms with Gasteiger partial charge in [-0.15, -0.1) is 11.3 Å². The molecular formula is C16H19N3O3S. The molecule has 0 saturated heterocycles. The van der Waals surface area contributed by atoms with Crippen molar-refractivity contribution in [2.75, 3.05) is 6.54 Å². The van der Waals surface area contributed by atoms with Crippen LogP contribution in [0, 0.1) is 0 Å². The van der Waals surface area contributed by atoms with Crippen molar-refractivity contribution in [2.45, 2.75) is 25.7 Å². The molecule has 0 aliphatic carbocycles. The summed E-state index contributed by atoms with van der Waals surface area (Å²) in [6.07, 6.45) is 4.26. The van der Waals surface area contributed by atoms with Crippen molar-refractivity contribution in [3.05, 3.63) is 41.5 Å². The first-order chi connectivity index (χ1) is 11.2. The Bertz CT molecular complexity index is 643. The van der Waals surface area contributed by atoms with Crippen LogP contribution in [0.25, 0.3) is 10.4 Å². The quantitative estimate of drug-likeness (QED) is 0.393. The lowest BCUT2D eigenvalue weighted by molar-refractivity contribution is -0.129. The van der Waals surface area contributed by atoms with Crippen molar-refractivity contribution in [1.82, 2.24) is 15.8 Å². The molecule has 3 N–H and O–H groups in total. The van der Waals surface area contributed by atoms with E-state index in [2.05, 4.69) is 10.3 Å². The molecule has 6 nitrogen and oxygen atoms in total. The number of amides is 2. The SMILES string of the molecule is O=C(CCCCCNC(=O)c1ncc(-c2ccccc2)s1)NO. The summed E-state index contributed by atoms with van der Waals surface area (Å²) in [5, 5.41) is 11.6. The number of nitrogens with one attached hydrogen (secondary N) is 2. The zero-order valence-corrected chi connectivity index (χ0v) is 13.4. The van der Waals surface area contributed by atoms with Crippen LogP contribution in [0.2, 0.25) is 0 Å². The Morgan fingerprint density at radius 3 is 2.65 bits per heavy atom. The van der Waals surface area contributed by atoms with E-state index in [0.717, 1.165) is 23.3 Å². The summed E-state index contributed by atoms with van der Waals surface area (Å²) >= 11 is 1.37. The van der Waals surface area contributed by atoms with Gasteiger partial charge in [0, 0.05) is 19.2 Å². The molecule has 2 amide bonds. The van der Waals surface area contributed by atoms with Crippen LogP contribution in [0.4, 0.5) is 0 Å². The number of unbranched alkanes of at least 4 members (excludes halogenated alkanes) is 2. The fraction of sp³-hybridized carbons (Fsp3) is 0.312. The predicted octanol–water partition coefficient (Wildman–Crippen LogP) is 2.61. The van der Waals surface area contributed by atoms with Crippen LogP contribution < -0.4 is 10.8 Å². The Hall–Kier alpha value is -2.25. The Balaban J connectivity index is 1.72. The molecule has 1 aromatic carbocycles. The number of hydrogen-bond acceptors (Lipinski definition) is 5. The second-order valence-corrected chi connectivity index (χ2v) is 6.03. The van der Waals surface area contributed by atoms with Crippen LogP contribution in [-0.2, 0) is 4.79 Å². The number of carbonyl (C=O) groups is 2. The lowest BCUT2D eigenvalue weighted by atomic mass is 10.2. The van der Waals surface area contributed by atoms with Gasteiger partial charge in [0.1, 0.15) is 0 Å². The second kappa shape index (κ2) is 9.02. The maximum Gasteiger partial charge on any atom is 0.280 e. The summed E-state index contributed by atoms with van der Waals surface area (Å²) in [4.78, 5) is 28.0. The van der Waals surface area contributed by atoms with Crippen LogP contribution >= 0.6 is 11.3 Å². The molecule has 0 radical (unpaired) electrons. The van der Waals surface area contributed by atoms with Gasteiger partial charge in [0.25, 0.3) is 5.91 Å². The standard InChI is InChI=1S/C16H19N3O3S/c20-14(19-22)9-5-2-6-10-17-15(21)16-18-11-13(23-16)12-7-3-1-4-8-12/h1,3-4,7-8,11,22H,2,5-6,9-10H2,(H,17,21)(H,19,20). The van der Waals surface area contributed by atoms with Crippen molar-refractivity contribution in [1.29, 1.82) is 0 Å². The Labute approximate surface area is 138 Å². The van der Waals surface area contributed by atoms with Crippen LogP contribution in [0.3, 0.4) is 0 Å². The predicted molar refractivity (Wildman–Crippen MR) is 88.3 cm³/mol. The molecule has 7 heteroatoms. The molecule has 0 aliphatic heterocycles.